The van der Waals surface area contributed by atoms with Crippen LogP contribution in [0, 0.1) is 0 Å². The summed E-state index contributed by atoms with van der Waals surface area (Å²) in [4.78, 5) is 10.1. The monoisotopic (exact) mass is 143 g/mol. The summed E-state index contributed by atoms with van der Waals surface area (Å²) in [5, 5.41) is 15.9. The van der Waals surface area contributed by atoms with Crippen LogP contribution in [0.15, 0.2) is 0 Å². The molecule has 0 aromatic heterocycles. The Kier molecular flexibility index (Phi) is 8.75. The number of aliphatic hydroxyl groups is 2. The van der Waals surface area contributed by atoms with E-state index in [1.165, 1.54) is 0 Å². The molecule has 0 amide bonds. The van der Waals surface area contributed by atoms with Crippen LogP contribution in [0.3, 0.4) is 0 Å². The van der Waals surface area contributed by atoms with Crippen molar-refractivity contribution in [2.75, 3.05) is 0 Å². The molecular formula is C4H8NaO4. The van der Waals surface area contributed by atoms with E-state index < -0.39 is 12.4 Å². The summed E-state index contributed by atoms with van der Waals surface area (Å²) in [6.07, 6.45) is 0.150. The van der Waals surface area contributed by atoms with Crippen molar-refractivity contribution in [2.24, 2.45) is 0 Å². The van der Waals surface area contributed by atoms with Crippen LogP contribution in [-0.2, 0) is 9.53 Å². The van der Waals surface area contributed by atoms with Crippen LogP contribution in [0.2, 0.25) is 0 Å². The summed E-state index contributed by atoms with van der Waals surface area (Å²) in [5.41, 5.74) is 0. The fourth-order valence-corrected chi connectivity index (χ4v) is 0.201. The maximum atomic E-state index is 10.1. The summed E-state index contributed by atoms with van der Waals surface area (Å²) in [6.45, 7) is -0.410. The van der Waals surface area contributed by atoms with Gasteiger partial charge in [0.05, 0.1) is 0 Å². The largest absolute Gasteiger partial charge is 0.411 e. The minimum absolute atomic E-state index is 0. The fraction of sp³-hybridized carbons (Fsp3) is 0.750. The molecule has 0 spiro atoms. The predicted octanol–water partition coefficient (Wildman–Crippen LogP) is -1.17. The van der Waals surface area contributed by atoms with E-state index in [0.29, 0.717) is 0 Å². The molecule has 0 aliphatic heterocycles. The molecule has 0 fully saturated rings. The predicted molar refractivity (Wildman–Crippen MR) is 30.4 cm³/mol. The average molecular weight is 143 g/mol. The first-order valence-corrected chi connectivity index (χ1v) is 2.22. The van der Waals surface area contributed by atoms with E-state index in [1.807, 2.05) is 0 Å². The summed E-state index contributed by atoms with van der Waals surface area (Å²) >= 11 is 0. The van der Waals surface area contributed by atoms with E-state index >= 15 is 0 Å². The second-order valence-electron chi connectivity index (χ2n) is 1.17. The van der Waals surface area contributed by atoms with Gasteiger partial charge in [-0.25, -0.2) is 0 Å². The van der Waals surface area contributed by atoms with Gasteiger partial charge in [-0.2, -0.15) is 0 Å². The maximum absolute atomic E-state index is 10.1. The third kappa shape index (κ3) is 8.39. The molecule has 5 heteroatoms. The van der Waals surface area contributed by atoms with Crippen molar-refractivity contribution in [3.05, 3.63) is 0 Å². The molecule has 1 radical (unpaired) electrons. The van der Waals surface area contributed by atoms with Crippen LogP contribution in [0.5, 0.6) is 0 Å². The van der Waals surface area contributed by atoms with E-state index in [1.54, 1.807) is 6.92 Å². The van der Waals surface area contributed by atoms with Crippen molar-refractivity contribution < 1.29 is 19.7 Å². The average Bonchev–Trinajstić information content (AvgIpc) is 1.65. The fourth-order valence-electron chi connectivity index (χ4n) is 0.201. The molecule has 0 aliphatic carbocycles. The minimum Gasteiger partial charge on any atom is -0.411 e. The van der Waals surface area contributed by atoms with Crippen LogP contribution < -0.4 is 0 Å². The van der Waals surface area contributed by atoms with Gasteiger partial charge in [0.15, 0.2) is 0 Å². The summed E-state index contributed by atoms with van der Waals surface area (Å²) in [5.74, 6) is -0.625. The zero-order valence-corrected chi connectivity index (χ0v) is 7.50. The van der Waals surface area contributed by atoms with Gasteiger partial charge in [-0.3, -0.25) is 4.79 Å². The van der Waals surface area contributed by atoms with Crippen LogP contribution in [0.1, 0.15) is 13.3 Å². The molecule has 4 nitrogen and oxygen atoms in total. The van der Waals surface area contributed by atoms with Crippen molar-refractivity contribution >= 4 is 35.5 Å². The van der Waals surface area contributed by atoms with Gasteiger partial charge in [0, 0.05) is 36.0 Å². The second kappa shape index (κ2) is 6.51. The third-order valence-corrected chi connectivity index (χ3v) is 0.526. The normalized spacial score (nSPS) is 8.44. The molecule has 0 unspecified atom stereocenters. The molecule has 0 saturated heterocycles. The van der Waals surface area contributed by atoms with Crippen LogP contribution in [0.25, 0.3) is 0 Å². The van der Waals surface area contributed by atoms with Crippen molar-refractivity contribution in [3.63, 3.8) is 0 Å². The number of esters is 1. The number of carbonyl (C=O) groups is 1. The first kappa shape index (κ1) is 12.1. The quantitative estimate of drug-likeness (QED) is 0.290. The molecule has 0 aromatic rings. The molecule has 0 saturated carbocycles. The van der Waals surface area contributed by atoms with Crippen molar-refractivity contribution in [2.45, 2.75) is 19.8 Å². The summed E-state index contributed by atoms with van der Waals surface area (Å²) < 4.78 is 3.87. The standard InChI is InChI=1S/C4H8O4.Na/c1-2-3(5)8-4(6)7;/h4,6-7H,2H2,1H3;. The second-order valence-corrected chi connectivity index (χ2v) is 1.17. The molecule has 49 valence electrons. The first-order chi connectivity index (χ1) is 3.66. The molecule has 0 heterocycles. The molecule has 0 atom stereocenters. The van der Waals surface area contributed by atoms with Crippen molar-refractivity contribution in [1.82, 2.24) is 0 Å². The number of carbonyl (C=O) groups excluding carboxylic acids is 1. The Hall–Kier alpha value is 0.390. The van der Waals surface area contributed by atoms with Crippen molar-refractivity contribution in [3.8, 4) is 0 Å². The van der Waals surface area contributed by atoms with E-state index in [4.69, 9.17) is 10.2 Å². The number of hydrogen-bond donors (Lipinski definition) is 2. The zero-order valence-electron chi connectivity index (χ0n) is 5.50. The SMILES string of the molecule is CCC(=O)OC(O)O.[Na]. The van der Waals surface area contributed by atoms with E-state index in [2.05, 4.69) is 4.74 Å². The Morgan fingerprint density at radius 3 is 2.22 bits per heavy atom. The maximum Gasteiger partial charge on any atom is 0.313 e. The van der Waals surface area contributed by atoms with Gasteiger partial charge in [0.1, 0.15) is 0 Å². The van der Waals surface area contributed by atoms with Crippen LogP contribution in [-0.4, -0.2) is 52.2 Å². The Labute approximate surface area is 75.1 Å². The molecule has 2 N–H and O–H groups in total. The third-order valence-electron chi connectivity index (χ3n) is 0.526. The van der Waals surface area contributed by atoms with Gasteiger partial charge in [-0.05, 0) is 0 Å². The number of rotatable bonds is 2. The molecule has 0 bridgehead atoms. The minimum atomic E-state index is -1.97. The van der Waals surface area contributed by atoms with Gasteiger partial charge in [-0.1, -0.05) is 6.92 Å². The van der Waals surface area contributed by atoms with E-state index in [-0.39, 0.29) is 36.0 Å². The summed E-state index contributed by atoms with van der Waals surface area (Å²) in [7, 11) is 0. The van der Waals surface area contributed by atoms with E-state index in [0.717, 1.165) is 0 Å². The smallest absolute Gasteiger partial charge is 0.313 e. The van der Waals surface area contributed by atoms with Crippen LogP contribution >= 0.6 is 0 Å². The molecule has 0 aliphatic rings. The van der Waals surface area contributed by atoms with E-state index in [9.17, 15) is 4.79 Å². The van der Waals surface area contributed by atoms with Gasteiger partial charge in [0.25, 0.3) is 0 Å². The van der Waals surface area contributed by atoms with Gasteiger partial charge >= 0.3 is 12.4 Å². The molecule has 0 aromatic carbocycles. The number of hydrogen-bond acceptors (Lipinski definition) is 4. The summed E-state index contributed by atoms with van der Waals surface area (Å²) in [6, 6.07) is 0. The number of ether oxygens (including phenoxy) is 1. The van der Waals surface area contributed by atoms with Gasteiger partial charge in [0.2, 0.25) is 0 Å². The molecule has 9 heavy (non-hydrogen) atoms. The van der Waals surface area contributed by atoms with Crippen molar-refractivity contribution in [1.29, 1.82) is 0 Å². The molecule has 0 rings (SSSR count). The zero-order chi connectivity index (χ0) is 6.57. The Balaban J connectivity index is 0. The number of aliphatic hydroxyl groups excluding tert-OH is 1. The first-order valence-electron chi connectivity index (χ1n) is 2.22. The van der Waals surface area contributed by atoms with Gasteiger partial charge < -0.3 is 14.9 Å². The Morgan fingerprint density at radius 2 is 2.11 bits per heavy atom. The topological polar surface area (TPSA) is 66.8 Å². The molecular weight excluding hydrogens is 135 g/mol. The van der Waals surface area contributed by atoms with Crippen LogP contribution in [0.4, 0.5) is 0 Å². The Bertz CT molecular complexity index is 82.6. The Morgan fingerprint density at radius 1 is 1.67 bits per heavy atom. The van der Waals surface area contributed by atoms with Gasteiger partial charge in [-0.15, -0.1) is 0 Å².